The van der Waals surface area contributed by atoms with Crippen molar-refractivity contribution in [3.63, 3.8) is 0 Å². The van der Waals surface area contributed by atoms with Crippen LogP contribution >= 0.6 is 0 Å². The first-order valence-electron chi connectivity index (χ1n) is 4.81. The predicted octanol–water partition coefficient (Wildman–Crippen LogP) is 0.864. The minimum Gasteiger partial charge on any atom is -0.394 e. The molecule has 0 saturated heterocycles. The van der Waals surface area contributed by atoms with Gasteiger partial charge in [0, 0.05) is 20.3 Å². The molecule has 0 atom stereocenters. The van der Waals surface area contributed by atoms with Crippen LogP contribution in [0, 0.1) is 0 Å². The van der Waals surface area contributed by atoms with E-state index in [2.05, 4.69) is 5.10 Å². The molecule has 1 aromatic heterocycles. The summed E-state index contributed by atoms with van der Waals surface area (Å²) in [5.74, 6) is 0.566. The van der Waals surface area contributed by atoms with Crippen molar-refractivity contribution in [2.24, 2.45) is 0 Å². The summed E-state index contributed by atoms with van der Waals surface area (Å²) in [6.45, 7) is 1.64. The highest BCUT2D eigenvalue weighted by Crippen LogP contribution is 2.13. The van der Waals surface area contributed by atoms with Gasteiger partial charge in [-0.05, 0) is 19.3 Å². The molecular formula is C9H18N4O. The fourth-order valence-corrected chi connectivity index (χ4v) is 1.27. The lowest BCUT2D eigenvalue weighted by Crippen LogP contribution is -2.05. The first-order chi connectivity index (χ1) is 6.75. The second kappa shape index (κ2) is 5.49. The van der Waals surface area contributed by atoms with Gasteiger partial charge < -0.3 is 16.2 Å². The molecule has 0 saturated carbocycles. The zero-order valence-electron chi connectivity index (χ0n) is 8.57. The Labute approximate surface area is 84.0 Å². The zero-order valence-corrected chi connectivity index (χ0v) is 8.57. The molecule has 14 heavy (non-hydrogen) atoms. The monoisotopic (exact) mass is 198 g/mol. The van der Waals surface area contributed by atoms with E-state index in [1.54, 1.807) is 18.0 Å². The normalized spacial score (nSPS) is 10.6. The topological polar surface area (TPSA) is 79.1 Å². The summed E-state index contributed by atoms with van der Waals surface area (Å²) in [5.41, 5.74) is 11.8. The first kappa shape index (κ1) is 10.8. The summed E-state index contributed by atoms with van der Waals surface area (Å²) in [6, 6.07) is 0. The molecule has 0 fully saturated rings. The van der Waals surface area contributed by atoms with Crippen LogP contribution in [0.5, 0.6) is 0 Å². The summed E-state index contributed by atoms with van der Waals surface area (Å²) >= 11 is 0. The fourth-order valence-electron chi connectivity index (χ4n) is 1.27. The minimum absolute atomic E-state index is 0.557. The average molecular weight is 198 g/mol. The molecule has 80 valence electrons. The number of anilines is 2. The Balaban J connectivity index is 2.21. The largest absolute Gasteiger partial charge is 0.394 e. The fraction of sp³-hybridized carbons (Fsp3) is 0.667. The summed E-state index contributed by atoms with van der Waals surface area (Å²) in [7, 11) is 1.71. The number of ether oxygens (including phenoxy) is 1. The van der Waals surface area contributed by atoms with E-state index in [9.17, 15) is 0 Å². The summed E-state index contributed by atoms with van der Waals surface area (Å²) < 4.78 is 6.69. The van der Waals surface area contributed by atoms with Crippen LogP contribution in [-0.2, 0) is 11.3 Å². The molecule has 0 aliphatic heterocycles. The van der Waals surface area contributed by atoms with Gasteiger partial charge in [-0.2, -0.15) is 5.10 Å². The van der Waals surface area contributed by atoms with Crippen LogP contribution in [0.4, 0.5) is 11.5 Å². The van der Waals surface area contributed by atoms with Crippen molar-refractivity contribution in [1.29, 1.82) is 0 Å². The van der Waals surface area contributed by atoms with Gasteiger partial charge in [0.15, 0.2) is 0 Å². The van der Waals surface area contributed by atoms with Crippen molar-refractivity contribution in [1.82, 2.24) is 9.78 Å². The molecule has 4 N–H and O–H groups in total. The van der Waals surface area contributed by atoms with Crippen LogP contribution in [0.1, 0.15) is 19.3 Å². The third-order valence-corrected chi connectivity index (χ3v) is 2.13. The minimum atomic E-state index is 0.557. The highest BCUT2D eigenvalue weighted by Gasteiger charge is 2.02. The lowest BCUT2D eigenvalue weighted by atomic mass is 10.2. The Kier molecular flexibility index (Phi) is 4.25. The number of rotatable bonds is 6. The van der Waals surface area contributed by atoms with Crippen molar-refractivity contribution < 1.29 is 4.74 Å². The molecule has 0 bridgehead atoms. The van der Waals surface area contributed by atoms with Crippen LogP contribution in [0.3, 0.4) is 0 Å². The number of hydrogen-bond donors (Lipinski definition) is 2. The van der Waals surface area contributed by atoms with E-state index in [1.807, 2.05) is 0 Å². The van der Waals surface area contributed by atoms with Gasteiger partial charge in [0.1, 0.15) is 5.82 Å². The van der Waals surface area contributed by atoms with Crippen LogP contribution in [0.15, 0.2) is 6.20 Å². The van der Waals surface area contributed by atoms with Gasteiger partial charge in [-0.3, -0.25) is 0 Å². The summed E-state index contributed by atoms with van der Waals surface area (Å²) in [6.07, 6.45) is 4.83. The van der Waals surface area contributed by atoms with Crippen LogP contribution in [-0.4, -0.2) is 23.5 Å². The van der Waals surface area contributed by atoms with E-state index >= 15 is 0 Å². The smallest absolute Gasteiger partial charge is 0.145 e. The van der Waals surface area contributed by atoms with E-state index in [1.165, 1.54) is 0 Å². The maximum atomic E-state index is 5.69. The van der Waals surface area contributed by atoms with Gasteiger partial charge in [0.2, 0.25) is 0 Å². The number of aryl methyl sites for hydroxylation is 1. The van der Waals surface area contributed by atoms with E-state index in [-0.39, 0.29) is 0 Å². The van der Waals surface area contributed by atoms with Gasteiger partial charge in [0.25, 0.3) is 0 Å². The standard InChI is InChI=1S/C9H18N4O/c1-14-6-4-2-3-5-13-9(11)8(10)7-12-13/h7H,2-6,10-11H2,1H3. The highest BCUT2D eigenvalue weighted by atomic mass is 16.5. The molecule has 1 rings (SSSR count). The van der Waals surface area contributed by atoms with Crippen LogP contribution < -0.4 is 11.5 Å². The molecule has 5 nitrogen and oxygen atoms in total. The lowest BCUT2D eigenvalue weighted by Gasteiger charge is -2.03. The third-order valence-electron chi connectivity index (χ3n) is 2.13. The average Bonchev–Trinajstić information content (AvgIpc) is 2.49. The van der Waals surface area contributed by atoms with E-state index in [0.717, 1.165) is 32.4 Å². The van der Waals surface area contributed by atoms with Crippen molar-refractivity contribution in [2.75, 3.05) is 25.2 Å². The van der Waals surface area contributed by atoms with Crippen molar-refractivity contribution >= 4 is 11.5 Å². The van der Waals surface area contributed by atoms with Gasteiger partial charge >= 0.3 is 0 Å². The van der Waals surface area contributed by atoms with Crippen molar-refractivity contribution in [2.45, 2.75) is 25.8 Å². The Morgan fingerprint density at radius 3 is 2.71 bits per heavy atom. The number of unbranched alkanes of at least 4 members (excludes halogenated alkanes) is 2. The van der Waals surface area contributed by atoms with Crippen LogP contribution in [0.25, 0.3) is 0 Å². The maximum Gasteiger partial charge on any atom is 0.145 e. The Hall–Kier alpha value is -1.23. The molecule has 0 aliphatic carbocycles. The predicted molar refractivity (Wildman–Crippen MR) is 56.8 cm³/mol. The number of nitrogen functional groups attached to an aromatic ring is 2. The molecule has 1 aromatic rings. The molecule has 0 amide bonds. The highest BCUT2D eigenvalue weighted by molar-refractivity contribution is 5.56. The molecular weight excluding hydrogens is 180 g/mol. The van der Waals surface area contributed by atoms with Gasteiger partial charge in [0.05, 0.1) is 11.9 Å². The van der Waals surface area contributed by atoms with E-state index < -0.39 is 0 Å². The number of hydrogen-bond acceptors (Lipinski definition) is 4. The van der Waals surface area contributed by atoms with Crippen molar-refractivity contribution in [3.8, 4) is 0 Å². The van der Waals surface area contributed by atoms with Crippen molar-refractivity contribution in [3.05, 3.63) is 6.20 Å². The number of methoxy groups -OCH3 is 1. The molecule has 1 heterocycles. The molecule has 0 aliphatic rings. The Bertz CT molecular complexity index is 272. The summed E-state index contributed by atoms with van der Waals surface area (Å²) in [5, 5.41) is 4.07. The Morgan fingerprint density at radius 1 is 1.36 bits per heavy atom. The lowest BCUT2D eigenvalue weighted by molar-refractivity contribution is 0.191. The molecule has 0 unspecified atom stereocenters. The maximum absolute atomic E-state index is 5.69. The van der Waals surface area contributed by atoms with E-state index in [4.69, 9.17) is 16.2 Å². The molecule has 0 spiro atoms. The zero-order chi connectivity index (χ0) is 10.4. The SMILES string of the molecule is COCCCCCn1ncc(N)c1N. The number of aromatic nitrogens is 2. The summed E-state index contributed by atoms with van der Waals surface area (Å²) in [4.78, 5) is 0. The molecule has 0 aromatic carbocycles. The van der Waals surface area contributed by atoms with E-state index in [0.29, 0.717) is 11.5 Å². The second-order valence-corrected chi connectivity index (χ2v) is 3.26. The van der Waals surface area contributed by atoms with Gasteiger partial charge in [-0.1, -0.05) is 0 Å². The molecule has 5 heteroatoms. The first-order valence-corrected chi connectivity index (χ1v) is 4.81. The van der Waals surface area contributed by atoms with Crippen LogP contribution in [0.2, 0.25) is 0 Å². The van der Waals surface area contributed by atoms with Gasteiger partial charge in [-0.25, -0.2) is 4.68 Å². The molecule has 0 radical (unpaired) electrons. The number of nitrogens with zero attached hydrogens (tertiary/aromatic N) is 2. The number of nitrogens with two attached hydrogens (primary N) is 2. The quantitative estimate of drug-likeness (QED) is 0.664. The van der Waals surface area contributed by atoms with Gasteiger partial charge in [-0.15, -0.1) is 0 Å². The Morgan fingerprint density at radius 2 is 2.14 bits per heavy atom. The third kappa shape index (κ3) is 2.92. The second-order valence-electron chi connectivity index (χ2n) is 3.26.